The standard InChI is InChI=1S/C49H39N5O/c1-2-3-24-41-46-47-44(33-20-12-6-13-21-33)39-29-27-37(51-39)42(31-16-8-4-9-17-31)35-25-26-36(50-35)43(32-18-10-5-11-19-32)38-28-30-40(52-38)45(34-22-14-7-15-23-34)48(53-47)49(46)55-54-41/h4-23,25-30,46,49-50,53H,2-3,24H2,1H3/t46-,49-/m1/s1. The molecule has 0 saturated carbocycles. The molecule has 6 aromatic rings. The molecule has 2 atom stereocenters. The lowest BCUT2D eigenvalue weighted by Gasteiger charge is -2.15. The fraction of sp³-hybridized carbons (Fsp3) is 0.122. The number of aromatic amines is 2. The normalized spacial score (nSPS) is 16.1. The van der Waals surface area contributed by atoms with Gasteiger partial charge in [0.15, 0.2) is 6.10 Å². The van der Waals surface area contributed by atoms with Gasteiger partial charge in [-0.05, 0) is 71.5 Å². The van der Waals surface area contributed by atoms with E-state index in [0.717, 1.165) is 115 Å². The molecule has 4 aliphatic heterocycles. The zero-order valence-corrected chi connectivity index (χ0v) is 30.5. The molecule has 8 bridgehead atoms. The molecule has 266 valence electrons. The molecule has 0 amide bonds. The van der Waals surface area contributed by atoms with Gasteiger partial charge in [-0.3, -0.25) is 0 Å². The molecular weight excluding hydrogens is 675 g/mol. The number of oxime groups is 1. The summed E-state index contributed by atoms with van der Waals surface area (Å²) in [6, 6.07) is 46.5. The van der Waals surface area contributed by atoms with Crippen molar-refractivity contribution in [2.45, 2.75) is 38.2 Å². The van der Waals surface area contributed by atoms with E-state index in [2.05, 4.69) is 175 Å². The van der Waals surface area contributed by atoms with Crippen molar-refractivity contribution in [3.63, 3.8) is 0 Å². The molecule has 0 fully saturated rings. The van der Waals surface area contributed by atoms with Crippen LogP contribution in [0.4, 0.5) is 0 Å². The van der Waals surface area contributed by atoms with Gasteiger partial charge < -0.3 is 14.8 Å². The predicted molar refractivity (Wildman–Crippen MR) is 225 cm³/mol. The number of H-pyrrole nitrogens is 2. The van der Waals surface area contributed by atoms with Gasteiger partial charge in [0.1, 0.15) is 0 Å². The van der Waals surface area contributed by atoms with E-state index in [0.29, 0.717) is 0 Å². The van der Waals surface area contributed by atoms with Crippen LogP contribution in [0.1, 0.15) is 72.4 Å². The lowest BCUT2D eigenvalue weighted by atomic mass is 9.86. The van der Waals surface area contributed by atoms with Gasteiger partial charge in [0.2, 0.25) is 0 Å². The van der Waals surface area contributed by atoms with E-state index < -0.39 is 0 Å². The summed E-state index contributed by atoms with van der Waals surface area (Å²) in [4.78, 5) is 25.3. The fourth-order valence-electron chi connectivity index (χ4n) is 8.38. The molecule has 0 spiro atoms. The molecule has 0 unspecified atom stereocenters. The largest absolute Gasteiger partial charge is 0.385 e. The minimum Gasteiger partial charge on any atom is -0.385 e. The smallest absolute Gasteiger partial charge is 0.181 e. The highest BCUT2D eigenvalue weighted by molar-refractivity contribution is 5.99. The Bertz CT molecular complexity index is 2710. The molecule has 0 aliphatic carbocycles. The van der Waals surface area contributed by atoms with E-state index in [4.69, 9.17) is 20.0 Å². The van der Waals surface area contributed by atoms with Crippen molar-refractivity contribution in [1.82, 2.24) is 19.9 Å². The lowest BCUT2D eigenvalue weighted by molar-refractivity contribution is 0.0799. The first-order chi connectivity index (χ1) is 27.2. The quantitative estimate of drug-likeness (QED) is 0.173. The summed E-state index contributed by atoms with van der Waals surface area (Å²) < 4.78 is 0. The number of benzene rings is 4. The monoisotopic (exact) mass is 713 g/mol. The number of fused-ring (bicyclic) bond motifs is 11. The van der Waals surface area contributed by atoms with E-state index in [9.17, 15) is 0 Å². The third-order valence-electron chi connectivity index (χ3n) is 10.9. The number of rotatable bonds is 7. The maximum Gasteiger partial charge on any atom is 0.181 e. The Kier molecular flexibility index (Phi) is 8.29. The predicted octanol–water partition coefficient (Wildman–Crippen LogP) is 12.4. The van der Waals surface area contributed by atoms with Gasteiger partial charge >= 0.3 is 0 Å². The Balaban J connectivity index is 1.40. The average Bonchev–Trinajstić information content (AvgIpc) is 4.09. The minimum absolute atomic E-state index is 0.115. The number of hydrogen-bond acceptors (Lipinski definition) is 4. The van der Waals surface area contributed by atoms with Crippen molar-refractivity contribution in [2.24, 2.45) is 5.16 Å². The summed E-state index contributed by atoms with van der Waals surface area (Å²) in [5.74, 6) is -0.115. The maximum absolute atomic E-state index is 6.52. The number of nitrogens with one attached hydrogen (secondary N) is 2. The summed E-state index contributed by atoms with van der Waals surface area (Å²) in [7, 11) is 0. The SMILES string of the molecule is CCCCC1=NO[C@H]2c3[nH]c(c(-c4ccccc4)c4nc(c(-c5ccccc5)c5ccc([nH]5)c(-c5ccccc5)c5nc(c3-c3ccccc3)C=C5)C=C4)[C@@H]12. The van der Waals surface area contributed by atoms with Crippen LogP contribution < -0.4 is 0 Å². The molecule has 6 heterocycles. The lowest BCUT2D eigenvalue weighted by Crippen LogP contribution is -2.12. The van der Waals surface area contributed by atoms with E-state index in [1.165, 1.54) is 0 Å². The van der Waals surface area contributed by atoms with Gasteiger partial charge in [0, 0.05) is 39.0 Å². The first-order valence-corrected chi connectivity index (χ1v) is 19.2. The third-order valence-corrected chi connectivity index (χ3v) is 10.9. The van der Waals surface area contributed by atoms with Crippen LogP contribution in [0, 0.1) is 0 Å². The zero-order valence-electron chi connectivity index (χ0n) is 30.5. The summed E-state index contributed by atoms with van der Waals surface area (Å²) >= 11 is 0. The second-order valence-corrected chi connectivity index (χ2v) is 14.3. The highest BCUT2D eigenvalue weighted by atomic mass is 16.6. The van der Waals surface area contributed by atoms with Crippen molar-refractivity contribution < 1.29 is 4.84 Å². The average molecular weight is 714 g/mol. The van der Waals surface area contributed by atoms with E-state index in [1.54, 1.807) is 0 Å². The molecule has 4 aromatic carbocycles. The highest BCUT2D eigenvalue weighted by Gasteiger charge is 2.44. The summed E-state index contributed by atoms with van der Waals surface area (Å²) in [6.07, 6.45) is 11.2. The molecule has 4 aliphatic rings. The summed E-state index contributed by atoms with van der Waals surface area (Å²) in [5, 5.41) is 4.83. The second kappa shape index (κ2) is 13.9. The van der Waals surface area contributed by atoms with E-state index >= 15 is 0 Å². The van der Waals surface area contributed by atoms with Crippen LogP contribution in [0.2, 0.25) is 0 Å². The number of hydrogen-bond donors (Lipinski definition) is 2. The van der Waals surface area contributed by atoms with Crippen LogP contribution in [0.15, 0.2) is 139 Å². The molecule has 2 N–H and O–H groups in total. The van der Waals surface area contributed by atoms with E-state index in [1.807, 2.05) is 0 Å². The van der Waals surface area contributed by atoms with Crippen molar-refractivity contribution in [1.29, 1.82) is 0 Å². The highest BCUT2D eigenvalue weighted by Crippen LogP contribution is 2.51. The number of nitrogens with zero attached hydrogens (tertiary/aromatic N) is 3. The molecular formula is C49H39N5O. The Morgan fingerprint density at radius 1 is 0.491 bits per heavy atom. The van der Waals surface area contributed by atoms with Crippen LogP contribution in [-0.4, -0.2) is 25.6 Å². The third kappa shape index (κ3) is 5.78. The first-order valence-electron chi connectivity index (χ1n) is 19.2. The van der Waals surface area contributed by atoms with Crippen LogP contribution in [0.3, 0.4) is 0 Å². The van der Waals surface area contributed by atoms with Crippen molar-refractivity contribution in [2.75, 3.05) is 0 Å². The second-order valence-electron chi connectivity index (χ2n) is 14.3. The van der Waals surface area contributed by atoms with Crippen molar-refractivity contribution in [3.8, 4) is 44.5 Å². The Hall–Kier alpha value is -6.79. The topological polar surface area (TPSA) is 79.0 Å². The van der Waals surface area contributed by atoms with Crippen LogP contribution in [0.25, 0.3) is 79.8 Å². The molecule has 6 nitrogen and oxygen atoms in total. The maximum atomic E-state index is 6.52. The van der Waals surface area contributed by atoms with Crippen LogP contribution in [-0.2, 0) is 4.84 Å². The van der Waals surface area contributed by atoms with Crippen LogP contribution >= 0.6 is 0 Å². The number of aromatic nitrogens is 4. The van der Waals surface area contributed by atoms with Gasteiger partial charge in [-0.2, -0.15) is 0 Å². The Labute approximate surface area is 320 Å². The minimum atomic E-state index is -0.351. The van der Waals surface area contributed by atoms with Crippen LogP contribution in [0.5, 0.6) is 0 Å². The summed E-state index contributed by atoms with van der Waals surface area (Å²) in [5.41, 5.74) is 17.0. The van der Waals surface area contributed by atoms with Crippen molar-refractivity contribution in [3.05, 3.63) is 168 Å². The fourth-order valence-corrected chi connectivity index (χ4v) is 8.38. The molecule has 2 aromatic heterocycles. The molecule has 6 heteroatoms. The molecule has 0 radical (unpaired) electrons. The molecule has 55 heavy (non-hydrogen) atoms. The van der Waals surface area contributed by atoms with Crippen molar-refractivity contribution >= 4 is 41.0 Å². The van der Waals surface area contributed by atoms with Gasteiger partial charge in [0.25, 0.3) is 0 Å². The zero-order chi connectivity index (χ0) is 36.7. The van der Waals surface area contributed by atoms with Gasteiger partial charge in [0.05, 0.1) is 40.1 Å². The molecule has 0 saturated heterocycles. The van der Waals surface area contributed by atoms with Gasteiger partial charge in [-0.1, -0.05) is 140 Å². The number of unbranched alkanes of at least 4 members (excludes halogenated alkanes) is 1. The Morgan fingerprint density at radius 3 is 1.36 bits per heavy atom. The Morgan fingerprint density at radius 2 is 0.909 bits per heavy atom. The first kappa shape index (κ1) is 32.8. The van der Waals surface area contributed by atoms with Gasteiger partial charge in [-0.25, -0.2) is 9.97 Å². The summed E-state index contributed by atoms with van der Waals surface area (Å²) in [6.45, 7) is 2.22. The van der Waals surface area contributed by atoms with Gasteiger partial charge in [-0.15, -0.1) is 0 Å². The van der Waals surface area contributed by atoms with E-state index in [-0.39, 0.29) is 12.0 Å². The molecule has 10 rings (SSSR count).